The van der Waals surface area contributed by atoms with Crippen molar-refractivity contribution in [3.8, 4) is 0 Å². The minimum absolute atomic E-state index is 0.809. The van der Waals surface area contributed by atoms with Gasteiger partial charge in [-0.2, -0.15) is 0 Å². The number of likely N-dealkylation sites (tertiary alicyclic amines) is 1. The van der Waals surface area contributed by atoms with Crippen LogP contribution in [0.25, 0.3) is 10.3 Å². The number of nitrogens with zero attached hydrogens (tertiary/aromatic N) is 5. The van der Waals surface area contributed by atoms with Crippen LogP contribution in [0, 0.1) is 6.92 Å². The van der Waals surface area contributed by atoms with Gasteiger partial charge in [-0.3, -0.25) is 4.90 Å². The molecule has 0 aliphatic carbocycles. The Bertz CT molecular complexity index is 1190. The molecule has 0 saturated carbocycles. The van der Waals surface area contributed by atoms with E-state index in [9.17, 15) is 0 Å². The van der Waals surface area contributed by atoms with Gasteiger partial charge in [0.15, 0.2) is 5.13 Å². The summed E-state index contributed by atoms with van der Waals surface area (Å²) in [5.41, 5.74) is 4.53. The highest BCUT2D eigenvalue weighted by molar-refractivity contribution is 7.21. The van der Waals surface area contributed by atoms with Crippen LogP contribution in [0.4, 0.5) is 22.5 Å². The molecule has 1 saturated heterocycles. The maximum absolute atomic E-state index is 7.00. The lowest BCUT2D eigenvalue weighted by molar-refractivity contribution is 0.331. The molecule has 1 fully saturated rings. The van der Waals surface area contributed by atoms with Crippen molar-refractivity contribution in [2.24, 2.45) is 0 Å². The molecule has 4 heterocycles. The highest BCUT2D eigenvalue weighted by atomic mass is 32.1. The van der Waals surface area contributed by atoms with E-state index in [1.165, 1.54) is 37.1 Å². The molecule has 0 radical (unpaired) electrons. The topological polar surface area (TPSA) is 77.4 Å². The second-order valence-electron chi connectivity index (χ2n) is 8.06. The van der Waals surface area contributed by atoms with E-state index < -0.39 is 0 Å². The van der Waals surface area contributed by atoms with Crippen LogP contribution in [0.15, 0.2) is 54.7 Å². The maximum Gasteiger partial charge on any atom is 0.190 e. The van der Waals surface area contributed by atoms with Crippen molar-refractivity contribution in [1.82, 2.24) is 19.9 Å². The average molecular weight is 463 g/mol. The van der Waals surface area contributed by atoms with Gasteiger partial charge < -0.3 is 15.3 Å². The maximum atomic E-state index is 7.00. The van der Waals surface area contributed by atoms with E-state index in [1.807, 2.05) is 25.4 Å². The van der Waals surface area contributed by atoms with Crippen molar-refractivity contribution >= 4 is 44.1 Å². The largest absolute Gasteiger partial charge is 0.400 e. The van der Waals surface area contributed by atoms with Crippen LogP contribution in [-0.2, 0) is 6.54 Å². The Hall–Kier alpha value is -3.07. The second kappa shape index (κ2) is 10.7. The first-order valence-corrected chi connectivity index (χ1v) is 11.9. The van der Waals surface area contributed by atoms with Gasteiger partial charge in [0.2, 0.25) is 0 Å². The molecule has 8 heteroatoms. The standard InChI is InChI=1S/C24H26N6S.CH4O/c1-17-5-7-19(8-6-17)29(2)22-10-9-20-23(28-22)31-24(26-20)27-21-15-18(11-12-25-21)16-30-13-3-4-14-30;1-2/h5-12,15H,3-4,13-14,16H2,1-2H3,(H,25,26,27);2H,1H3. The van der Waals surface area contributed by atoms with Crippen molar-refractivity contribution in [3.63, 3.8) is 0 Å². The van der Waals surface area contributed by atoms with Gasteiger partial charge in [-0.25, -0.2) is 15.0 Å². The molecular formula is C25H30N6OS. The molecule has 1 aliphatic rings. The van der Waals surface area contributed by atoms with Crippen LogP contribution < -0.4 is 10.2 Å². The molecule has 7 nitrogen and oxygen atoms in total. The summed E-state index contributed by atoms with van der Waals surface area (Å²) >= 11 is 1.55. The summed E-state index contributed by atoms with van der Waals surface area (Å²) in [6.07, 6.45) is 4.47. The van der Waals surface area contributed by atoms with Crippen molar-refractivity contribution in [1.29, 1.82) is 0 Å². The van der Waals surface area contributed by atoms with E-state index in [-0.39, 0.29) is 0 Å². The molecular weight excluding hydrogens is 432 g/mol. The molecule has 1 aromatic carbocycles. The van der Waals surface area contributed by atoms with Gasteiger partial charge in [-0.05, 0) is 74.8 Å². The van der Waals surface area contributed by atoms with Crippen LogP contribution in [0.3, 0.4) is 0 Å². The van der Waals surface area contributed by atoms with Gasteiger partial charge >= 0.3 is 0 Å². The fraction of sp³-hybridized carbons (Fsp3) is 0.320. The van der Waals surface area contributed by atoms with E-state index in [1.54, 1.807) is 11.3 Å². The molecule has 33 heavy (non-hydrogen) atoms. The lowest BCUT2D eigenvalue weighted by Gasteiger charge is -2.18. The smallest absolute Gasteiger partial charge is 0.190 e. The number of nitrogens with one attached hydrogen (secondary N) is 1. The number of thiazole rings is 1. The number of anilines is 4. The minimum Gasteiger partial charge on any atom is -0.400 e. The van der Waals surface area contributed by atoms with E-state index in [4.69, 9.17) is 15.1 Å². The number of rotatable bonds is 6. The summed E-state index contributed by atoms with van der Waals surface area (Å²) < 4.78 is 0. The van der Waals surface area contributed by atoms with Crippen LogP contribution >= 0.6 is 11.3 Å². The molecule has 0 unspecified atom stereocenters. The number of pyridine rings is 2. The summed E-state index contributed by atoms with van der Waals surface area (Å²) in [6, 6.07) is 16.7. The van der Waals surface area contributed by atoms with Crippen molar-refractivity contribution < 1.29 is 5.11 Å². The van der Waals surface area contributed by atoms with Crippen molar-refractivity contribution in [2.75, 3.05) is 37.5 Å². The Morgan fingerprint density at radius 1 is 1.03 bits per heavy atom. The lowest BCUT2D eigenvalue weighted by atomic mass is 10.2. The average Bonchev–Trinajstić information content (AvgIpc) is 3.49. The zero-order chi connectivity index (χ0) is 23.2. The van der Waals surface area contributed by atoms with Crippen LogP contribution in [-0.4, -0.2) is 52.2 Å². The molecule has 5 rings (SSSR count). The number of benzene rings is 1. The van der Waals surface area contributed by atoms with Crippen molar-refractivity contribution in [2.45, 2.75) is 26.3 Å². The first-order chi connectivity index (χ1) is 16.1. The third-order valence-corrected chi connectivity index (χ3v) is 6.55. The number of fused-ring (bicyclic) bond motifs is 1. The zero-order valence-electron chi connectivity index (χ0n) is 19.3. The third kappa shape index (κ3) is 5.65. The Labute approximate surface area is 198 Å². The SMILES string of the molecule is CO.Cc1ccc(N(C)c2ccc3nc(Nc4cc(CN5CCCC5)ccn4)sc3n2)cc1. The molecule has 0 spiro atoms. The molecule has 0 amide bonds. The summed E-state index contributed by atoms with van der Waals surface area (Å²) in [4.78, 5) is 19.5. The van der Waals surface area contributed by atoms with Crippen LogP contribution in [0.2, 0.25) is 0 Å². The molecule has 1 aliphatic heterocycles. The lowest BCUT2D eigenvalue weighted by Crippen LogP contribution is -2.18. The zero-order valence-corrected chi connectivity index (χ0v) is 20.1. The minimum atomic E-state index is 0.809. The van der Waals surface area contributed by atoms with Gasteiger partial charge in [-0.15, -0.1) is 0 Å². The predicted octanol–water partition coefficient (Wildman–Crippen LogP) is 5.11. The van der Waals surface area contributed by atoms with E-state index in [0.717, 1.165) is 46.5 Å². The van der Waals surface area contributed by atoms with Crippen LogP contribution in [0.5, 0.6) is 0 Å². The van der Waals surface area contributed by atoms with E-state index >= 15 is 0 Å². The number of aryl methyl sites for hydroxylation is 1. The number of aliphatic hydroxyl groups is 1. The Morgan fingerprint density at radius 3 is 2.55 bits per heavy atom. The fourth-order valence-corrected chi connectivity index (χ4v) is 4.74. The van der Waals surface area contributed by atoms with Gasteiger partial charge in [0.05, 0.1) is 0 Å². The second-order valence-corrected chi connectivity index (χ2v) is 9.04. The third-order valence-electron chi connectivity index (χ3n) is 5.67. The predicted molar refractivity (Wildman–Crippen MR) is 137 cm³/mol. The number of hydrogen-bond acceptors (Lipinski definition) is 8. The van der Waals surface area contributed by atoms with Crippen LogP contribution in [0.1, 0.15) is 24.0 Å². The molecule has 3 aromatic heterocycles. The monoisotopic (exact) mass is 462 g/mol. The Morgan fingerprint density at radius 2 is 1.79 bits per heavy atom. The van der Waals surface area contributed by atoms with Gasteiger partial charge in [0, 0.05) is 32.6 Å². The number of aliphatic hydroxyl groups excluding tert-OH is 1. The number of hydrogen-bond donors (Lipinski definition) is 2. The molecule has 172 valence electrons. The molecule has 4 aromatic rings. The van der Waals surface area contributed by atoms with E-state index in [2.05, 4.69) is 63.4 Å². The van der Waals surface area contributed by atoms with Gasteiger partial charge in [-0.1, -0.05) is 29.0 Å². The summed E-state index contributed by atoms with van der Waals surface area (Å²) in [6.45, 7) is 5.45. The van der Waals surface area contributed by atoms with E-state index in [0.29, 0.717) is 0 Å². The number of aromatic nitrogens is 3. The van der Waals surface area contributed by atoms with Gasteiger partial charge in [0.25, 0.3) is 0 Å². The Kier molecular flexibility index (Phi) is 7.49. The first kappa shape index (κ1) is 23.1. The quantitative estimate of drug-likeness (QED) is 0.412. The fourth-order valence-electron chi connectivity index (χ4n) is 3.90. The molecule has 0 atom stereocenters. The normalized spacial score (nSPS) is 13.6. The molecule has 2 N–H and O–H groups in total. The highest BCUT2D eigenvalue weighted by Crippen LogP contribution is 2.30. The van der Waals surface area contributed by atoms with Crippen molar-refractivity contribution in [3.05, 3.63) is 65.9 Å². The molecule has 0 bridgehead atoms. The summed E-state index contributed by atoms with van der Waals surface area (Å²) in [7, 11) is 3.04. The van der Waals surface area contributed by atoms with Gasteiger partial charge in [0.1, 0.15) is 22.0 Å². The Balaban J connectivity index is 0.00000126. The summed E-state index contributed by atoms with van der Waals surface area (Å²) in [5.74, 6) is 1.73. The highest BCUT2D eigenvalue weighted by Gasteiger charge is 2.13. The summed E-state index contributed by atoms with van der Waals surface area (Å²) in [5, 5.41) is 11.2. The first-order valence-electron chi connectivity index (χ1n) is 11.1.